The van der Waals surface area contributed by atoms with E-state index >= 15 is 0 Å². The molecule has 2 aromatic carbocycles. The Morgan fingerprint density at radius 1 is 1.10 bits per heavy atom. The zero-order valence-corrected chi connectivity index (χ0v) is 22.7. The molecule has 2 amide bonds. The van der Waals surface area contributed by atoms with E-state index in [4.69, 9.17) is 9.47 Å². The minimum Gasteiger partial charge on any atom is -0.454 e. The van der Waals surface area contributed by atoms with Crippen molar-refractivity contribution >= 4 is 34.3 Å². The molecular weight excluding hydrogens is 512 g/mol. The molecule has 4 aromatic rings. The molecule has 0 unspecified atom stereocenters. The van der Waals surface area contributed by atoms with Crippen molar-refractivity contribution in [1.82, 2.24) is 25.3 Å². The molecule has 0 spiro atoms. The summed E-state index contributed by atoms with van der Waals surface area (Å²) >= 11 is 0. The number of aromatic nitrogens is 4. The van der Waals surface area contributed by atoms with Crippen LogP contribution in [0.3, 0.4) is 0 Å². The number of nitrogens with one attached hydrogen (secondary N) is 1. The molecule has 0 saturated heterocycles. The minimum absolute atomic E-state index is 0.0216. The Labute approximate surface area is 231 Å². The Hall–Kier alpha value is -4.80. The number of hydrogen-bond acceptors (Lipinski definition) is 8. The van der Waals surface area contributed by atoms with Gasteiger partial charge >= 0.3 is 0 Å². The maximum atomic E-state index is 14.3. The summed E-state index contributed by atoms with van der Waals surface area (Å²) in [5.74, 6) is -0.475. The van der Waals surface area contributed by atoms with E-state index in [2.05, 4.69) is 20.6 Å². The first-order valence-corrected chi connectivity index (χ1v) is 13.0. The number of pyridine rings is 1. The SMILES string of the molecule is CCC(C)(C)NC(=O)[C@H](c1cccnc1)N(C(=O)Cn1nnc2ccccc21)c1cc2c(cc1C(C)=O)OCO2. The van der Waals surface area contributed by atoms with Gasteiger partial charge in [0.15, 0.2) is 17.3 Å². The number of ketones is 1. The molecule has 11 nitrogen and oxygen atoms in total. The van der Waals surface area contributed by atoms with Crippen LogP contribution in [0.4, 0.5) is 5.69 Å². The molecule has 1 aliphatic rings. The van der Waals surface area contributed by atoms with Crippen LogP contribution in [0, 0.1) is 0 Å². The lowest BCUT2D eigenvalue weighted by Gasteiger charge is -2.35. The highest BCUT2D eigenvalue weighted by atomic mass is 16.7. The average Bonchev–Trinajstić information content (AvgIpc) is 3.57. The van der Waals surface area contributed by atoms with Crippen molar-refractivity contribution in [2.24, 2.45) is 0 Å². The maximum absolute atomic E-state index is 14.3. The number of carbonyl (C=O) groups is 3. The lowest BCUT2D eigenvalue weighted by molar-refractivity contribution is -0.128. The average molecular weight is 543 g/mol. The Kier molecular flexibility index (Phi) is 7.20. The summed E-state index contributed by atoms with van der Waals surface area (Å²) in [5, 5.41) is 11.4. The highest BCUT2D eigenvalue weighted by Crippen LogP contribution is 2.41. The molecule has 1 atom stereocenters. The van der Waals surface area contributed by atoms with E-state index in [9.17, 15) is 14.4 Å². The van der Waals surface area contributed by atoms with Crippen LogP contribution in [0.2, 0.25) is 0 Å². The van der Waals surface area contributed by atoms with Crippen molar-refractivity contribution in [2.75, 3.05) is 11.7 Å². The van der Waals surface area contributed by atoms with Crippen LogP contribution in [0.1, 0.15) is 56.1 Å². The number of para-hydroxylation sites is 1. The Balaban J connectivity index is 1.69. The molecule has 1 N–H and O–H groups in total. The number of benzene rings is 2. The van der Waals surface area contributed by atoms with Crippen molar-refractivity contribution in [3.8, 4) is 11.5 Å². The molecule has 1 aliphatic heterocycles. The number of amides is 2. The Bertz CT molecular complexity index is 1580. The number of Topliss-reactive ketones (excluding diaryl/α,β-unsaturated/α-hetero) is 1. The molecule has 0 aliphatic carbocycles. The zero-order chi connectivity index (χ0) is 28.4. The van der Waals surface area contributed by atoms with Gasteiger partial charge in [-0.05, 0) is 51.5 Å². The fourth-order valence-electron chi connectivity index (χ4n) is 4.51. The minimum atomic E-state index is -1.17. The number of carbonyl (C=O) groups excluding carboxylic acids is 3. The lowest BCUT2D eigenvalue weighted by Crippen LogP contribution is -2.51. The first-order chi connectivity index (χ1) is 19.2. The molecule has 11 heteroatoms. The summed E-state index contributed by atoms with van der Waals surface area (Å²) in [4.78, 5) is 46.9. The molecule has 2 aromatic heterocycles. The standard InChI is InChI=1S/C29H30N6O5/c1-5-29(3,4)31-28(38)27(19-9-8-12-30-15-19)35(23-14-25-24(39-17-40-25)13-20(23)18(2)36)26(37)16-34-22-11-7-6-10-21(22)32-33-34/h6-15,27H,5,16-17H2,1-4H3,(H,31,38)/t27-/m0/s1. The van der Waals surface area contributed by atoms with E-state index in [1.54, 1.807) is 36.5 Å². The quantitative estimate of drug-likeness (QED) is 0.316. The van der Waals surface area contributed by atoms with Crippen LogP contribution in [-0.4, -0.2) is 49.9 Å². The molecule has 0 saturated carbocycles. The number of anilines is 1. The van der Waals surface area contributed by atoms with Gasteiger partial charge in [0.05, 0.1) is 11.2 Å². The number of fused-ring (bicyclic) bond motifs is 2. The molecule has 40 heavy (non-hydrogen) atoms. The van der Waals surface area contributed by atoms with E-state index in [0.717, 1.165) is 0 Å². The fourth-order valence-corrected chi connectivity index (χ4v) is 4.51. The van der Waals surface area contributed by atoms with E-state index in [1.807, 2.05) is 39.0 Å². The first kappa shape index (κ1) is 26.8. The molecular formula is C29H30N6O5. The largest absolute Gasteiger partial charge is 0.454 e. The summed E-state index contributed by atoms with van der Waals surface area (Å²) in [5.41, 5.74) is 1.60. The second kappa shape index (κ2) is 10.8. The topological polar surface area (TPSA) is 129 Å². The van der Waals surface area contributed by atoms with Crippen molar-refractivity contribution in [3.63, 3.8) is 0 Å². The van der Waals surface area contributed by atoms with Crippen LogP contribution in [0.5, 0.6) is 11.5 Å². The summed E-state index contributed by atoms with van der Waals surface area (Å²) in [6, 6.07) is 12.6. The number of nitrogens with zero attached hydrogens (tertiary/aromatic N) is 5. The molecule has 0 radical (unpaired) electrons. The maximum Gasteiger partial charge on any atom is 0.249 e. The van der Waals surface area contributed by atoms with Gasteiger partial charge in [-0.1, -0.05) is 30.3 Å². The monoisotopic (exact) mass is 542 g/mol. The number of ether oxygens (including phenoxy) is 2. The van der Waals surface area contributed by atoms with E-state index < -0.39 is 23.4 Å². The van der Waals surface area contributed by atoms with Gasteiger partial charge in [0.25, 0.3) is 0 Å². The van der Waals surface area contributed by atoms with Crippen LogP contribution in [0.25, 0.3) is 11.0 Å². The van der Waals surface area contributed by atoms with E-state index in [0.29, 0.717) is 34.5 Å². The number of rotatable bonds is 9. The van der Waals surface area contributed by atoms with Crippen LogP contribution >= 0.6 is 0 Å². The summed E-state index contributed by atoms with van der Waals surface area (Å²) in [6.45, 7) is 6.90. The molecule has 3 heterocycles. The highest BCUT2D eigenvalue weighted by Gasteiger charge is 2.38. The van der Waals surface area contributed by atoms with Crippen LogP contribution in [0.15, 0.2) is 60.9 Å². The molecule has 0 bridgehead atoms. The third-order valence-corrected chi connectivity index (χ3v) is 6.96. The Morgan fingerprint density at radius 2 is 1.85 bits per heavy atom. The third-order valence-electron chi connectivity index (χ3n) is 6.96. The van der Waals surface area contributed by atoms with E-state index in [-0.39, 0.29) is 30.4 Å². The van der Waals surface area contributed by atoms with Crippen molar-refractivity contribution in [2.45, 2.75) is 52.2 Å². The van der Waals surface area contributed by atoms with Gasteiger partial charge in [-0.3, -0.25) is 24.3 Å². The van der Waals surface area contributed by atoms with Crippen molar-refractivity contribution in [1.29, 1.82) is 0 Å². The van der Waals surface area contributed by atoms with Gasteiger partial charge < -0.3 is 14.8 Å². The smallest absolute Gasteiger partial charge is 0.249 e. The molecule has 0 fully saturated rings. The number of hydrogen-bond donors (Lipinski definition) is 1. The van der Waals surface area contributed by atoms with Gasteiger partial charge in [-0.2, -0.15) is 0 Å². The van der Waals surface area contributed by atoms with Crippen LogP contribution < -0.4 is 19.7 Å². The second-order valence-electron chi connectivity index (χ2n) is 10.2. The summed E-state index contributed by atoms with van der Waals surface area (Å²) in [7, 11) is 0. The predicted octanol–water partition coefficient (Wildman–Crippen LogP) is 3.84. The normalized spacial score (nSPS) is 13.2. The lowest BCUT2D eigenvalue weighted by atomic mass is 9.98. The molecule has 206 valence electrons. The first-order valence-electron chi connectivity index (χ1n) is 13.0. The van der Waals surface area contributed by atoms with Gasteiger partial charge in [0, 0.05) is 35.1 Å². The Morgan fingerprint density at radius 3 is 2.55 bits per heavy atom. The molecule has 5 rings (SSSR count). The van der Waals surface area contributed by atoms with E-state index in [1.165, 1.54) is 22.7 Å². The summed E-state index contributed by atoms with van der Waals surface area (Å²) in [6.07, 6.45) is 3.78. The van der Waals surface area contributed by atoms with Gasteiger partial charge in [0.1, 0.15) is 18.1 Å². The second-order valence-corrected chi connectivity index (χ2v) is 10.2. The van der Waals surface area contributed by atoms with Crippen molar-refractivity contribution < 1.29 is 23.9 Å². The highest BCUT2D eigenvalue weighted by molar-refractivity contribution is 6.08. The van der Waals surface area contributed by atoms with Gasteiger partial charge in [0.2, 0.25) is 18.6 Å². The zero-order valence-electron chi connectivity index (χ0n) is 22.7. The third kappa shape index (κ3) is 5.22. The predicted molar refractivity (Wildman–Crippen MR) is 147 cm³/mol. The fraction of sp³-hybridized carbons (Fsp3) is 0.310. The summed E-state index contributed by atoms with van der Waals surface area (Å²) < 4.78 is 12.6. The van der Waals surface area contributed by atoms with Crippen molar-refractivity contribution in [3.05, 3.63) is 72.1 Å². The van der Waals surface area contributed by atoms with Crippen LogP contribution in [-0.2, 0) is 16.1 Å². The van der Waals surface area contributed by atoms with Gasteiger partial charge in [-0.15, -0.1) is 5.10 Å². The van der Waals surface area contributed by atoms with Gasteiger partial charge in [-0.25, -0.2) is 4.68 Å².